The van der Waals surface area contributed by atoms with E-state index in [2.05, 4.69) is 33.9 Å². The number of anilines is 3. The number of para-hydroxylation sites is 1. The predicted octanol–water partition coefficient (Wildman–Crippen LogP) is 6.77. The fourth-order valence-corrected chi connectivity index (χ4v) is 5.90. The first-order valence-corrected chi connectivity index (χ1v) is 14.9. The average Bonchev–Trinajstić information content (AvgIpc) is 3.87. The number of rotatable bonds is 12. The Bertz CT molecular complexity index is 1460. The van der Waals surface area contributed by atoms with Crippen LogP contribution in [0.3, 0.4) is 0 Å². The first-order valence-electron chi connectivity index (χ1n) is 14.1. The maximum Gasteiger partial charge on any atom is 0.224 e. The van der Waals surface area contributed by atoms with Crippen LogP contribution in [0.1, 0.15) is 69.2 Å². The Hall–Kier alpha value is -3.59. The number of aromatic nitrogens is 4. The first-order chi connectivity index (χ1) is 19.1. The zero-order chi connectivity index (χ0) is 26.8. The van der Waals surface area contributed by atoms with E-state index in [1.807, 2.05) is 43.5 Å². The third kappa shape index (κ3) is 6.19. The molecule has 2 aliphatic rings. The quantitative estimate of drug-likeness (QED) is 0.182. The van der Waals surface area contributed by atoms with Crippen molar-refractivity contribution in [2.45, 2.75) is 70.8 Å². The van der Waals surface area contributed by atoms with Crippen molar-refractivity contribution < 1.29 is 4.79 Å². The van der Waals surface area contributed by atoms with Gasteiger partial charge >= 0.3 is 0 Å². The van der Waals surface area contributed by atoms with Gasteiger partial charge in [-0.05, 0) is 69.6 Å². The number of carbonyl (C=O) groups excluding carboxylic acids is 1. The molecule has 202 valence electrons. The molecule has 9 heteroatoms. The van der Waals surface area contributed by atoms with Gasteiger partial charge in [-0.15, -0.1) is 11.3 Å². The van der Waals surface area contributed by atoms with Gasteiger partial charge in [0.15, 0.2) is 0 Å². The molecule has 2 fully saturated rings. The molecule has 0 spiro atoms. The van der Waals surface area contributed by atoms with Crippen LogP contribution in [-0.4, -0.2) is 38.4 Å². The molecule has 8 nitrogen and oxygen atoms in total. The number of hydrogen-bond acceptors (Lipinski definition) is 8. The van der Waals surface area contributed by atoms with Gasteiger partial charge in [-0.1, -0.05) is 25.1 Å². The summed E-state index contributed by atoms with van der Waals surface area (Å²) in [5.41, 5.74) is 4.76. The van der Waals surface area contributed by atoms with E-state index in [-0.39, 0.29) is 11.9 Å². The fraction of sp³-hybridized carbons (Fsp3) is 0.433. The lowest BCUT2D eigenvalue weighted by atomic mass is 10.1. The molecular weight excluding hydrogens is 506 g/mol. The summed E-state index contributed by atoms with van der Waals surface area (Å²) in [5.74, 6) is 2.67. The second kappa shape index (κ2) is 11.3. The van der Waals surface area contributed by atoms with Crippen LogP contribution in [-0.2, 0) is 4.79 Å². The zero-order valence-corrected chi connectivity index (χ0v) is 23.4. The number of pyridine rings is 1. The number of amides is 1. The van der Waals surface area contributed by atoms with E-state index in [1.165, 1.54) is 25.7 Å². The topological polar surface area (TPSA) is 105 Å². The van der Waals surface area contributed by atoms with Crippen molar-refractivity contribution in [1.82, 2.24) is 19.9 Å². The second-order valence-electron chi connectivity index (χ2n) is 10.7. The predicted molar refractivity (Wildman–Crippen MR) is 158 cm³/mol. The van der Waals surface area contributed by atoms with Crippen LogP contribution in [0, 0.1) is 12.8 Å². The van der Waals surface area contributed by atoms with Crippen molar-refractivity contribution in [3.05, 3.63) is 54.0 Å². The van der Waals surface area contributed by atoms with Gasteiger partial charge in [0.25, 0.3) is 0 Å². The standard InChI is InChI=1S/C30H35N7OS/c1-3-21(13-14-24(38)34-22-7-5-4-6-8-22)35-28-25(18(2)33-30(37-28)32-17-19-9-10-19)29-36-27-23(39-29)15-16-31-26(27)20-11-12-20/h4-8,15-16,19-21H,3,9-14,17H2,1-2H3,(H,34,38)(H2,32,33,35,37). The number of fused-ring (bicyclic) bond motifs is 1. The highest BCUT2D eigenvalue weighted by Gasteiger charge is 2.29. The fourth-order valence-electron chi connectivity index (χ4n) is 4.83. The number of nitrogens with zero attached hydrogens (tertiary/aromatic N) is 4. The highest BCUT2D eigenvalue weighted by molar-refractivity contribution is 7.21. The van der Waals surface area contributed by atoms with Crippen LogP contribution < -0.4 is 16.0 Å². The van der Waals surface area contributed by atoms with Crippen molar-refractivity contribution in [2.75, 3.05) is 22.5 Å². The summed E-state index contributed by atoms with van der Waals surface area (Å²) in [4.78, 5) is 32.2. The molecule has 39 heavy (non-hydrogen) atoms. The van der Waals surface area contributed by atoms with Crippen LogP contribution >= 0.6 is 11.3 Å². The maximum atomic E-state index is 12.6. The Morgan fingerprint density at radius 3 is 2.64 bits per heavy atom. The van der Waals surface area contributed by atoms with Gasteiger partial charge in [0.2, 0.25) is 11.9 Å². The van der Waals surface area contributed by atoms with Crippen LogP contribution in [0.4, 0.5) is 17.5 Å². The van der Waals surface area contributed by atoms with E-state index in [0.29, 0.717) is 30.6 Å². The first kappa shape index (κ1) is 25.7. The minimum Gasteiger partial charge on any atom is -0.367 e. The summed E-state index contributed by atoms with van der Waals surface area (Å²) >= 11 is 1.67. The Morgan fingerprint density at radius 2 is 1.90 bits per heavy atom. The minimum absolute atomic E-state index is 0.0126. The molecular formula is C30H35N7OS. The van der Waals surface area contributed by atoms with Gasteiger partial charge in [-0.2, -0.15) is 4.98 Å². The molecule has 2 aliphatic carbocycles. The van der Waals surface area contributed by atoms with Crippen molar-refractivity contribution in [3.8, 4) is 10.6 Å². The molecule has 0 saturated heterocycles. The molecule has 2 saturated carbocycles. The Labute approximate surface area is 233 Å². The molecule has 3 N–H and O–H groups in total. The molecule has 1 amide bonds. The summed E-state index contributed by atoms with van der Waals surface area (Å²) in [6.07, 6.45) is 8.78. The molecule has 0 aliphatic heterocycles. The van der Waals surface area contributed by atoms with Crippen LogP contribution in [0.5, 0.6) is 0 Å². The van der Waals surface area contributed by atoms with E-state index >= 15 is 0 Å². The number of aryl methyl sites for hydroxylation is 1. The summed E-state index contributed by atoms with van der Waals surface area (Å²) < 4.78 is 1.15. The number of carbonyl (C=O) groups is 1. The van der Waals surface area contributed by atoms with E-state index in [0.717, 1.165) is 56.6 Å². The Morgan fingerprint density at radius 1 is 1.08 bits per heavy atom. The largest absolute Gasteiger partial charge is 0.367 e. The lowest BCUT2D eigenvalue weighted by Crippen LogP contribution is -2.23. The maximum absolute atomic E-state index is 12.6. The third-order valence-corrected chi connectivity index (χ3v) is 8.50. The normalized spacial score (nSPS) is 15.7. The summed E-state index contributed by atoms with van der Waals surface area (Å²) in [7, 11) is 0. The second-order valence-corrected chi connectivity index (χ2v) is 11.7. The van der Waals surface area contributed by atoms with Gasteiger partial charge in [-0.25, -0.2) is 9.97 Å². The van der Waals surface area contributed by atoms with Gasteiger partial charge in [0, 0.05) is 36.8 Å². The molecule has 3 heterocycles. The average molecular weight is 542 g/mol. The Kier molecular flexibility index (Phi) is 7.41. The van der Waals surface area contributed by atoms with Crippen LogP contribution in [0.25, 0.3) is 20.8 Å². The Balaban J connectivity index is 1.26. The number of nitrogens with one attached hydrogen (secondary N) is 3. The number of hydrogen-bond donors (Lipinski definition) is 3. The molecule has 1 unspecified atom stereocenters. The highest BCUT2D eigenvalue weighted by atomic mass is 32.1. The van der Waals surface area contributed by atoms with E-state index in [9.17, 15) is 4.79 Å². The summed E-state index contributed by atoms with van der Waals surface area (Å²) in [6, 6.07) is 11.7. The van der Waals surface area contributed by atoms with E-state index < -0.39 is 0 Å². The number of thiazole rings is 1. The molecule has 4 aromatic rings. The van der Waals surface area contributed by atoms with Gasteiger partial charge in [0.05, 0.1) is 21.7 Å². The number of benzene rings is 1. The SMILES string of the molecule is CCC(CCC(=O)Nc1ccccc1)Nc1nc(NCC2CC2)nc(C)c1-c1nc2c(C3CC3)nccc2s1. The lowest BCUT2D eigenvalue weighted by molar-refractivity contribution is -0.116. The van der Waals surface area contributed by atoms with Crippen molar-refractivity contribution in [2.24, 2.45) is 5.92 Å². The minimum atomic E-state index is 0.0126. The van der Waals surface area contributed by atoms with Crippen LogP contribution in [0.2, 0.25) is 0 Å². The van der Waals surface area contributed by atoms with Crippen LogP contribution in [0.15, 0.2) is 42.6 Å². The molecule has 1 aromatic carbocycles. The molecule has 6 rings (SSSR count). The van der Waals surface area contributed by atoms with Gasteiger partial charge < -0.3 is 16.0 Å². The summed E-state index contributed by atoms with van der Waals surface area (Å²) in [5, 5.41) is 11.0. The molecule has 3 aromatic heterocycles. The third-order valence-electron chi connectivity index (χ3n) is 7.46. The summed E-state index contributed by atoms with van der Waals surface area (Å²) in [6.45, 7) is 5.07. The lowest BCUT2D eigenvalue weighted by Gasteiger charge is -2.21. The van der Waals surface area contributed by atoms with Gasteiger partial charge in [0.1, 0.15) is 16.3 Å². The van der Waals surface area contributed by atoms with Gasteiger partial charge in [-0.3, -0.25) is 9.78 Å². The highest BCUT2D eigenvalue weighted by Crippen LogP contribution is 2.44. The van der Waals surface area contributed by atoms with Crippen molar-refractivity contribution in [3.63, 3.8) is 0 Å². The van der Waals surface area contributed by atoms with Crippen molar-refractivity contribution >= 4 is 44.9 Å². The molecule has 0 radical (unpaired) electrons. The van der Waals surface area contributed by atoms with E-state index in [1.54, 1.807) is 11.3 Å². The van der Waals surface area contributed by atoms with E-state index in [4.69, 9.17) is 15.0 Å². The molecule has 0 bridgehead atoms. The van der Waals surface area contributed by atoms with Crippen molar-refractivity contribution in [1.29, 1.82) is 0 Å². The monoisotopic (exact) mass is 541 g/mol. The molecule has 1 atom stereocenters. The zero-order valence-electron chi connectivity index (χ0n) is 22.5. The smallest absolute Gasteiger partial charge is 0.224 e.